The molecule has 1 atom stereocenters. The molecule has 1 heterocycles. The number of hydrogen-bond acceptors (Lipinski definition) is 5. The van der Waals surface area contributed by atoms with Crippen LogP contribution in [0.15, 0.2) is 46.8 Å². The molecule has 1 aromatic carbocycles. The summed E-state index contributed by atoms with van der Waals surface area (Å²) >= 11 is 11.8. The summed E-state index contributed by atoms with van der Waals surface area (Å²) < 4.78 is 4.99. The third-order valence-corrected chi connectivity index (χ3v) is 5.18. The number of allylic oxidation sites excluding steroid dienone is 3. The molecule has 0 bridgehead atoms. The van der Waals surface area contributed by atoms with Crippen LogP contribution in [0, 0.1) is 0 Å². The Balaban J connectivity index is 2.51. The van der Waals surface area contributed by atoms with Gasteiger partial charge in [0.05, 0.1) is 12.7 Å². The van der Waals surface area contributed by atoms with E-state index < -0.39 is 11.9 Å². The van der Waals surface area contributed by atoms with Gasteiger partial charge in [-0.25, -0.2) is 4.79 Å². The molecule has 1 N–H and O–H groups in total. The van der Waals surface area contributed by atoms with Crippen LogP contribution in [0.1, 0.15) is 32.3 Å². The van der Waals surface area contributed by atoms with E-state index in [4.69, 9.17) is 27.9 Å². The van der Waals surface area contributed by atoms with E-state index in [2.05, 4.69) is 10.2 Å². The van der Waals surface area contributed by atoms with Crippen molar-refractivity contribution in [2.75, 3.05) is 36.9 Å². The quantitative estimate of drug-likeness (QED) is 0.505. The van der Waals surface area contributed by atoms with Gasteiger partial charge in [0, 0.05) is 53.4 Å². The average molecular weight is 425 g/mol. The van der Waals surface area contributed by atoms with Crippen LogP contribution < -0.4 is 10.2 Å². The van der Waals surface area contributed by atoms with E-state index in [-0.39, 0.29) is 5.78 Å². The summed E-state index contributed by atoms with van der Waals surface area (Å²) in [7, 11) is 1.34. The lowest BCUT2D eigenvalue weighted by Crippen LogP contribution is -2.31. The Kier molecular flexibility index (Phi) is 7.96. The van der Waals surface area contributed by atoms with Crippen molar-refractivity contribution in [2.24, 2.45) is 0 Å². The number of methoxy groups -OCH3 is 1. The molecule has 0 aliphatic carbocycles. The van der Waals surface area contributed by atoms with Gasteiger partial charge in [-0.15, -0.1) is 23.2 Å². The fraction of sp³-hybridized carbons (Fsp3) is 0.429. The van der Waals surface area contributed by atoms with E-state index >= 15 is 0 Å². The second-order valence-electron chi connectivity index (χ2n) is 6.64. The van der Waals surface area contributed by atoms with Crippen molar-refractivity contribution in [1.82, 2.24) is 5.32 Å². The van der Waals surface area contributed by atoms with E-state index in [1.54, 1.807) is 0 Å². The first-order chi connectivity index (χ1) is 13.3. The van der Waals surface area contributed by atoms with E-state index in [1.165, 1.54) is 14.0 Å². The van der Waals surface area contributed by atoms with Crippen molar-refractivity contribution in [2.45, 2.75) is 26.7 Å². The van der Waals surface area contributed by atoms with E-state index in [0.29, 0.717) is 41.7 Å². The van der Waals surface area contributed by atoms with Crippen LogP contribution in [0.2, 0.25) is 0 Å². The minimum Gasteiger partial charge on any atom is -0.466 e. The first-order valence-electron chi connectivity index (χ1n) is 9.10. The van der Waals surface area contributed by atoms with E-state index in [0.717, 1.165) is 16.9 Å². The van der Waals surface area contributed by atoms with Crippen molar-refractivity contribution in [3.63, 3.8) is 0 Å². The summed E-state index contributed by atoms with van der Waals surface area (Å²) in [5.74, 6) is -0.0138. The third-order valence-electron chi connectivity index (χ3n) is 4.85. The highest BCUT2D eigenvalue weighted by atomic mass is 35.5. The molecule has 1 aliphatic rings. The number of nitrogens with one attached hydrogen (secondary N) is 1. The highest BCUT2D eigenvalue weighted by Gasteiger charge is 2.35. The first kappa shape index (κ1) is 22.3. The predicted molar refractivity (Wildman–Crippen MR) is 114 cm³/mol. The topological polar surface area (TPSA) is 58.6 Å². The lowest BCUT2D eigenvalue weighted by atomic mass is 9.79. The van der Waals surface area contributed by atoms with Gasteiger partial charge in [0.1, 0.15) is 0 Å². The van der Waals surface area contributed by atoms with Gasteiger partial charge in [-0.3, -0.25) is 4.79 Å². The number of ether oxygens (including phenoxy) is 1. The maximum atomic E-state index is 12.5. The highest BCUT2D eigenvalue weighted by molar-refractivity contribution is 6.18. The molecular weight excluding hydrogens is 399 g/mol. The predicted octanol–water partition coefficient (Wildman–Crippen LogP) is 3.97. The number of rotatable bonds is 8. The van der Waals surface area contributed by atoms with Crippen LogP contribution in [0.4, 0.5) is 5.69 Å². The number of nitrogens with zero attached hydrogens (tertiary/aromatic N) is 1. The number of ketones is 1. The molecule has 28 heavy (non-hydrogen) atoms. The van der Waals surface area contributed by atoms with Crippen molar-refractivity contribution in [3.8, 4) is 0 Å². The van der Waals surface area contributed by atoms with Gasteiger partial charge in [0.15, 0.2) is 5.78 Å². The Labute approximate surface area is 176 Å². The number of Topliss-reactive ketones (excluding diaryl/α,β-unsaturated/α-hetero) is 1. The van der Waals surface area contributed by atoms with Gasteiger partial charge < -0.3 is 15.0 Å². The van der Waals surface area contributed by atoms with Crippen LogP contribution in [-0.2, 0) is 14.3 Å². The summed E-state index contributed by atoms with van der Waals surface area (Å²) in [5.41, 5.74) is 4.30. The number of halogens is 2. The van der Waals surface area contributed by atoms with Gasteiger partial charge >= 0.3 is 5.97 Å². The first-order valence-corrected chi connectivity index (χ1v) is 10.2. The molecule has 1 aromatic rings. The van der Waals surface area contributed by atoms with Crippen molar-refractivity contribution in [3.05, 3.63) is 52.4 Å². The fourth-order valence-corrected chi connectivity index (χ4v) is 4.03. The highest BCUT2D eigenvalue weighted by Crippen LogP contribution is 2.39. The zero-order valence-corrected chi connectivity index (χ0v) is 18.2. The maximum Gasteiger partial charge on any atom is 0.336 e. The molecule has 0 amide bonds. The fourth-order valence-electron chi connectivity index (χ4n) is 3.63. The summed E-state index contributed by atoms with van der Waals surface area (Å²) in [6, 6.07) is 7.81. The summed E-state index contributed by atoms with van der Waals surface area (Å²) in [4.78, 5) is 27.0. The van der Waals surface area contributed by atoms with Gasteiger partial charge in [-0.2, -0.15) is 0 Å². The van der Waals surface area contributed by atoms with Crippen LogP contribution in [0.5, 0.6) is 0 Å². The number of dihydropyridines is 1. The van der Waals surface area contributed by atoms with Crippen molar-refractivity contribution < 1.29 is 14.3 Å². The van der Waals surface area contributed by atoms with Crippen LogP contribution >= 0.6 is 23.2 Å². The second kappa shape index (κ2) is 9.99. The minimum absolute atomic E-state index is 0.0844. The lowest BCUT2D eigenvalue weighted by molar-refractivity contribution is -0.136. The SMILES string of the molecule is COC(=O)C1=C(C)NC(C)=C(C(C)=O)C1c1ccc(N(CCCl)CCCl)cc1. The van der Waals surface area contributed by atoms with Crippen molar-refractivity contribution in [1.29, 1.82) is 0 Å². The van der Waals surface area contributed by atoms with Crippen LogP contribution in [0.3, 0.4) is 0 Å². The Morgan fingerprint density at radius 3 is 2.04 bits per heavy atom. The molecule has 0 saturated heterocycles. The van der Waals surface area contributed by atoms with E-state index in [1.807, 2.05) is 38.1 Å². The standard InChI is InChI=1S/C21H26Cl2N2O3/c1-13-18(15(3)26)20(19(14(2)24-13)21(27)28-4)16-5-7-17(8-6-16)25(11-9-22)12-10-23/h5-8,20,24H,9-12H2,1-4H3. The minimum atomic E-state index is -0.477. The molecule has 0 saturated carbocycles. The van der Waals surface area contributed by atoms with Gasteiger partial charge in [0.25, 0.3) is 0 Å². The number of carbonyl (C=O) groups excluding carboxylic acids is 2. The van der Waals surface area contributed by atoms with Gasteiger partial charge in [-0.05, 0) is 38.5 Å². The Morgan fingerprint density at radius 1 is 1.04 bits per heavy atom. The zero-order valence-electron chi connectivity index (χ0n) is 16.6. The monoisotopic (exact) mass is 424 g/mol. The summed E-state index contributed by atoms with van der Waals surface area (Å²) in [5, 5.41) is 3.14. The molecule has 1 aliphatic heterocycles. The number of benzene rings is 1. The van der Waals surface area contributed by atoms with Crippen molar-refractivity contribution >= 4 is 40.6 Å². The second-order valence-corrected chi connectivity index (χ2v) is 7.40. The lowest BCUT2D eigenvalue weighted by Gasteiger charge is -2.31. The van der Waals surface area contributed by atoms with Gasteiger partial charge in [-0.1, -0.05) is 12.1 Å². The summed E-state index contributed by atoms with van der Waals surface area (Å²) in [6.45, 7) is 6.55. The number of anilines is 1. The molecule has 5 nitrogen and oxygen atoms in total. The smallest absolute Gasteiger partial charge is 0.336 e. The molecule has 0 spiro atoms. The molecule has 152 valence electrons. The molecule has 2 rings (SSSR count). The third kappa shape index (κ3) is 4.70. The Bertz CT molecular complexity index is 794. The molecule has 0 aromatic heterocycles. The molecular formula is C21H26Cl2N2O3. The van der Waals surface area contributed by atoms with Gasteiger partial charge in [0.2, 0.25) is 0 Å². The Morgan fingerprint density at radius 2 is 1.57 bits per heavy atom. The normalized spacial score (nSPS) is 16.7. The van der Waals surface area contributed by atoms with Crippen LogP contribution in [-0.4, -0.2) is 43.7 Å². The average Bonchev–Trinajstić information content (AvgIpc) is 2.66. The molecule has 7 heteroatoms. The largest absolute Gasteiger partial charge is 0.466 e. The zero-order chi connectivity index (χ0) is 20.8. The number of esters is 1. The summed E-state index contributed by atoms with van der Waals surface area (Å²) in [6.07, 6.45) is 0. The number of hydrogen-bond donors (Lipinski definition) is 1. The number of alkyl halides is 2. The molecule has 1 unspecified atom stereocenters. The number of carbonyl (C=O) groups is 2. The molecule has 0 fully saturated rings. The molecule has 0 radical (unpaired) electrons. The maximum absolute atomic E-state index is 12.5. The van der Waals surface area contributed by atoms with E-state index in [9.17, 15) is 9.59 Å². The van der Waals surface area contributed by atoms with Crippen LogP contribution in [0.25, 0.3) is 0 Å². The Hall–Kier alpha value is -1.98.